The largest absolute Gasteiger partial charge is 0.494 e. The van der Waals surface area contributed by atoms with Gasteiger partial charge in [0.1, 0.15) is 10.6 Å². The highest BCUT2D eigenvalue weighted by Crippen LogP contribution is 2.39. The number of halogens is 2. The fourth-order valence-electron chi connectivity index (χ4n) is 1.56. The van der Waals surface area contributed by atoms with Gasteiger partial charge in [0.25, 0.3) is 5.91 Å². The van der Waals surface area contributed by atoms with Crippen molar-refractivity contribution in [3.63, 3.8) is 0 Å². The zero-order valence-electron chi connectivity index (χ0n) is 9.84. The molecule has 0 bridgehead atoms. The van der Waals surface area contributed by atoms with Gasteiger partial charge in [0, 0.05) is 15.1 Å². The minimum Gasteiger partial charge on any atom is -0.494 e. The van der Waals surface area contributed by atoms with Gasteiger partial charge in [-0.1, -0.05) is 11.6 Å². The van der Waals surface area contributed by atoms with E-state index >= 15 is 0 Å². The minimum absolute atomic E-state index is 0. The van der Waals surface area contributed by atoms with E-state index in [1.807, 2.05) is 0 Å². The van der Waals surface area contributed by atoms with Crippen LogP contribution < -0.4 is 16.2 Å². The lowest BCUT2D eigenvalue weighted by molar-refractivity contribution is 0.100. The molecule has 0 aliphatic carbocycles. The smallest absolute Gasteiger partial charge is 0.294 e. The number of carbonyl (C=O) groups excluding carboxylic acids is 1. The van der Waals surface area contributed by atoms with Crippen molar-refractivity contribution >= 4 is 57.3 Å². The van der Waals surface area contributed by atoms with Gasteiger partial charge in [0.2, 0.25) is 0 Å². The number of nitrogens with two attached hydrogens (primary N) is 2. The number of thiophene rings is 1. The van der Waals surface area contributed by atoms with Crippen LogP contribution in [0.1, 0.15) is 9.67 Å². The summed E-state index contributed by atoms with van der Waals surface area (Å²) in [5.41, 5.74) is 10.4. The van der Waals surface area contributed by atoms with Gasteiger partial charge < -0.3 is 16.2 Å². The Bertz CT molecular complexity index is 651. The summed E-state index contributed by atoms with van der Waals surface area (Å²) >= 11 is 7.14. The highest BCUT2D eigenvalue weighted by Gasteiger charge is 2.19. The molecule has 2 aromatic rings. The predicted octanol–water partition coefficient (Wildman–Crippen LogP) is 2.40. The van der Waals surface area contributed by atoms with Crippen LogP contribution in [0, 0.1) is 0 Å². The molecule has 0 aliphatic heterocycles. The van der Waals surface area contributed by atoms with Crippen LogP contribution >= 0.6 is 35.3 Å². The highest BCUT2D eigenvalue weighted by molar-refractivity contribution is 7.21. The third-order valence-corrected chi connectivity index (χ3v) is 3.59. The lowest BCUT2D eigenvalue weighted by Gasteiger charge is -1.99. The maximum atomic E-state index is 11.8. The van der Waals surface area contributed by atoms with Gasteiger partial charge >= 0.3 is 0 Å². The lowest BCUT2D eigenvalue weighted by atomic mass is 10.2. The predicted molar refractivity (Wildman–Crippen MR) is 80.8 cm³/mol. The zero-order chi connectivity index (χ0) is 13.3. The Labute approximate surface area is 124 Å². The molecule has 102 valence electrons. The Morgan fingerprint density at radius 2 is 2.11 bits per heavy atom. The average molecular weight is 320 g/mol. The number of methoxy groups -OCH3 is 1. The van der Waals surface area contributed by atoms with E-state index in [1.165, 1.54) is 18.4 Å². The Hall–Kier alpha value is -1.50. The summed E-state index contributed by atoms with van der Waals surface area (Å²) in [6.45, 7) is 0. The SMILES string of the molecule is COc1c(C(=O)N=C(N)N)sc2cc(Cl)ccc12.Cl. The monoisotopic (exact) mass is 319 g/mol. The van der Waals surface area contributed by atoms with E-state index in [9.17, 15) is 4.79 Å². The number of hydrogen-bond donors (Lipinski definition) is 2. The molecule has 19 heavy (non-hydrogen) atoms. The highest BCUT2D eigenvalue weighted by atomic mass is 35.5. The van der Waals surface area contributed by atoms with Gasteiger partial charge in [-0.2, -0.15) is 4.99 Å². The molecule has 0 unspecified atom stereocenters. The summed E-state index contributed by atoms with van der Waals surface area (Å²) in [4.78, 5) is 15.7. The first-order valence-corrected chi connectivity index (χ1v) is 6.12. The fraction of sp³-hybridized carbons (Fsp3) is 0.0909. The average Bonchev–Trinajstić information content (AvgIpc) is 2.65. The van der Waals surface area contributed by atoms with E-state index in [1.54, 1.807) is 18.2 Å². The summed E-state index contributed by atoms with van der Waals surface area (Å²) in [5.74, 6) is -0.344. The van der Waals surface area contributed by atoms with Crippen molar-refractivity contribution in [3.8, 4) is 5.75 Å². The zero-order valence-corrected chi connectivity index (χ0v) is 12.2. The number of carbonyl (C=O) groups is 1. The molecular weight excluding hydrogens is 309 g/mol. The van der Waals surface area contributed by atoms with Crippen LogP contribution in [0.3, 0.4) is 0 Å². The van der Waals surface area contributed by atoms with Crippen molar-refractivity contribution in [1.82, 2.24) is 0 Å². The summed E-state index contributed by atoms with van der Waals surface area (Å²) < 4.78 is 6.08. The van der Waals surface area contributed by atoms with Gasteiger partial charge in [0.05, 0.1) is 7.11 Å². The number of rotatable bonds is 2. The molecule has 1 amide bonds. The summed E-state index contributed by atoms with van der Waals surface area (Å²) in [5, 5.41) is 1.40. The molecule has 1 heterocycles. The molecule has 1 aromatic carbocycles. The molecule has 0 fully saturated rings. The maximum absolute atomic E-state index is 11.8. The van der Waals surface area contributed by atoms with Gasteiger partial charge in [0.15, 0.2) is 5.96 Å². The Morgan fingerprint density at radius 1 is 1.42 bits per heavy atom. The second-order valence-electron chi connectivity index (χ2n) is 3.45. The number of guanidine groups is 1. The second-order valence-corrected chi connectivity index (χ2v) is 4.94. The van der Waals surface area contributed by atoms with Crippen molar-refractivity contribution in [2.75, 3.05) is 7.11 Å². The van der Waals surface area contributed by atoms with E-state index in [2.05, 4.69) is 4.99 Å². The molecule has 1 aromatic heterocycles. The first-order chi connectivity index (χ1) is 8.52. The van der Waals surface area contributed by atoms with Crippen LogP contribution in [0.25, 0.3) is 10.1 Å². The first kappa shape index (κ1) is 15.6. The number of ether oxygens (including phenoxy) is 1. The van der Waals surface area contributed by atoms with Crippen LogP contribution in [0.5, 0.6) is 5.75 Å². The van der Waals surface area contributed by atoms with Gasteiger partial charge in [-0.25, -0.2) is 0 Å². The van der Waals surface area contributed by atoms with E-state index in [4.69, 9.17) is 27.8 Å². The molecule has 0 saturated carbocycles. The molecule has 0 spiro atoms. The molecule has 0 radical (unpaired) electrons. The standard InChI is InChI=1S/C11H10ClN3O2S.ClH/c1-17-8-6-3-2-5(12)4-7(6)18-9(8)10(16)15-11(13)14;/h2-4H,1H3,(H4,13,14,15,16);1H. The molecule has 4 N–H and O–H groups in total. The Kier molecular flexibility index (Phi) is 4.99. The van der Waals surface area contributed by atoms with Gasteiger partial charge in [-0.3, -0.25) is 4.79 Å². The van der Waals surface area contributed by atoms with Crippen molar-refractivity contribution in [2.24, 2.45) is 16.5 Å². The van der Waals surface area contributed by atoms with Crippen LogP contribution in [0.4, 0.5) is 0 Å². The van der Waals surface area contributed by atoms with Crippen LogP contribution in [0.15, 0.2) is 23.2 Å². The van der Waals surface area contributed by atoms with E-state index in [0.29, 0.717) is 15.6 Å². The summed E-state index contributed by atoms with van der Waals surface area (Å²) in [6, 6.07) is 5.28. The minimum atomic E-state index is -0.524. The van der Waals surface area contributed by atoms with Crippen molar-refractivity contribution in [2.45, 2.75) is 0 Å². The number of fused-ring (bicyclic) bond motifs is 1. The molecule has 5 nitrogen and oxygen atoms in total. The van der Waals surface area contributed by atoms with Crippen LogP contribution in [-0.4, -0.2) is 19.0 Å². The Balaban J connectivity index is 0.00000180. The molecule has 0 aliphatic rings. The summed E-state index contributed by atoms with van der Waals surface area (Å²) in [7, 11) is 1.49. The van der Waals surface area contributed by atoms with Crippen LogP contribution in [-0.2, 0) is 0 Å². The van der Waals surface area contributed by atoms with Crippen molar-refractivity contribution < 1.29 is 9.53 Å². The molecule has 2 rings (SSSR count). The molecular formula is C11H11Cl2N3O2S. The number of nitrogens with zero attached hydrogens (tertiary/aromatic N) is 1. The van der Waals surface area contributed by atoms with Crippen molar-refractivity contribution in [3.05, 3.63) is 28.1 Å². The number of aliphatic imine (C=N–C) groups is 1. The van der Waals surface area contributed by atoms with Crippen molar-refractivity contribution in [1.29, 1.82) is 0 Å². The first-order valence-electron chi connectivity index (χ1n) is 4.93. The fourth-order valence-corrected chi connectivity index (χ4v) is 2.89. The topological polar surface area (TPSA) is 90.7 Å². The molecule has 0 atom stereocenters. The third kappa shape index (κ3) is 3.09. The number of benzene rings is 1. The number of hydrogen-bond acceptors (Lipinski definition) is 3. The normalized spacial score (nSPS) is 9.79. The summed E-state index contributed by atoms with van der Waals surface area (Å²) in [6.07, 6.45) is 0. The van der Waals surface area contributed by atoms with E-state index < -0.39 is 5.91 Å². The number of amides is 1. The molecule has 8 heteroatoms. The second kappa shape index (κ2) is 6.10. The van der Waals surface area contributed by atoms with Crippen LogP contribution in [0.2, 0.25) is 5.02 Å². The third-order valence-electron chi connectivity index (χ3n) is 2.24. The van der Waals surface area contributed by atoms with E-state index in [0.717, 1.165) is 10.1 Å². The van der Waals surface area contributed by atoms with Gasteiger partial charge in [-0.15, -0.1) is 23.7 Å². The quantitative estimate of drug-likeness (QED) is 0.656. The maximum Gasteiger partial charge on any atom is 0.294 e. The van der Waals surface area contributed by atoms with Gasteiger partial charge in [-0.05, 0) is 18.2 Å². The molecule has 0 saturated heterocycles. The Morgan fingerprint density at radius 3 is 2.68 bits per heavy atom. The van der Waals surface area contributed by atoms with E-state index in [-0.39, 0.29) is 18.4 Å². The lowest BCUT2D eigenvalue weighted by Crippen LogP contribution is -2.24.